The lowest BCUT2D eigenvalue weighted by molar-refractivity contribution is -0.135. The van der Waals surface area contributed by atoms with Gasteiger partial charge in [0.25, 0.3) is 5.88 Å². The van der Waals surface area contributed by atoms with Gasteiger partial charge in [0.2, 0.25) is 5.91 Å². The van der Waals surface area contributed by atoms with Crippen molar-refractivity contribution in [3.63, 3.8) is 0 Å². The molecule has 4 aromatic rings. The van der Waals surface area contributed by atoms with Gasteiger partial charge in [-0.3, -0.25) is 4.79 Å². The number of hydrogen-bond acceptors (Lipinski definition) is 9. The van der Waals surface area contributed by atoms with Crippen molar-refractivity contribution in [1.29, 1.82) is 0 Å². The minimum absolute atomic E-state index is 0.0511. The Bertz CT molecular complexity index is 1410. The zero-order valence-electron chi connectivity index (χ0n) is 22.5. The van der Waals surface area contributed by atoms with E-state index in [9.17, 15) is 9.90 Å². The summed E-state index contributed by atoms with van der Waals surface area (Å²) in [6.07, 6.45) is 3.40. The number of thiazole rings is 1. The predicted octanol–water partition coefficient (Wildman–Crippen LogP) is 4.35. The molecule has 1 unspecified atom stereocenters. The molecule has 11 heteroatoms. The van der Waals surface area contributed by atoms with E-state index in [4.69, 9.17) is 14.0 Å². The standard InChI is InChI=1S/C28H33N5O5S/c1-17(2)26(23-12-25(36-4)31-38-23)28(35)33-14-20(34)11-22(33)27-29-8-9-32(27)13-19-6-5-7-21(10-19)37-15-24-18(3)30-16-39-24/h5-10,12,16-17,20,22,26,34H,11,13-15H2,1-4H3/t20-,22+,26?/m1/s1. The number of amides is 1. The smallest absolute Gasteiger partial charge is 0.254 e. The first-order valence-electron chi connectivity index (χ1n) is 12.9. The molecule has 1 N–H and O–H groups in total. The number of carbonyl (C=O) groups is 1. The Morgan fingerprint density at radius 1 is 1.28 bits per heavy atom. The van der Waals surface area contributed by atoms with Crippen LogP contribution in [-0.4, -0.2) is 55.4 Å². The molecule has 1 amide bonds. The van der Waals surface area contributed by atoms with E-state index in [1.165, 1.54) is 7.11 Å². The Kier molecular flexibility index (Phi) is 7.99. The molecule has 0 aliphatic carbocycles. The molecule has 0 bridgehead atoms. The number of aliphatic hydroxyl groups excluding tert-OH is 1. The highest BCUT2D eigenvalue weighted by Crippen LogP contribution is 2.37. The molecular formula is C28H33N5O5S. The molecule has 3 atom stereocenters. The average molecular weight is 552 g/mol. The fourth-order valence-corrected chi connectivity index (χ4v) is 5.72. The van der Waals surface area contributed by atoms with E-state index in [-0.39, 0.29) is 24.4 Å². The zero-order valence-corrected chi connectivity index (χ0v) is 23.3. The normalized spacial score (nSPS) is 18.1. The van der Waals surface area contributed by atoms with E-state index in [0.29, 0.717) is 31.2 Å². The number of β-amino-alcohol motifs (C(OH)–C–C–N with tert-alkyl or cyclic N) is 1. The molecule has 10 nitrogen and oxygen atoms in total. The van der Waals surface area contributed by atoms with Gasteiger partial charge in [-0.15, -0.1) is 11.3 Å². The first-order valence-corrected chi connectivity index (χ1v) is 13.8. The van der Waals surface area contributed by atoms with Crippen molar-refractivity contribution >= 4 is 17.2 Å². The van der Waals surface area contributed by atoms with Crippen LogP contribution in [0.4, 0.5) is 0 Å². The number of imidazole rings is 1. The van der Waals surface area contributed by atoms with Crippen molar-refractivity contribution < 1.29 is 23.9 Å². The Morgan fingerprint density at radius 2 is 2.13 bits per heavy atom. The molecule has 39 heavy (non-hydrogen) atoms. The number of aryl methyl sites for hydroxylation is 1. The van der Waals surface area contributed by atoms with E-state index in [1.807, 2.05) is 61.3 Å². The van der Waals surface area contributed by atoms with Crippen LogP contribution < -0.4 is 9.47 Å². The van der Waals surface area contributed by atoms with Gasteiger partial charge in [-0.25, -0.2) is 9.97 Å². The third-order valence-electron chi connectivity index (χ3n) is 7.03. The molecule has 3 aromatic heterocycles. The third kappa shape index (κ3) is 5.84. The molecule has 1 aliphatic rings. The van der Waals surface area contributed by atoms with Crippen LogP contribution in [0, 0.1) is 12.8 Å². The van der Waals surface area contributed by atoms with Crippen molar-refractivity contribution in [1.82, 2.24) is 24.6 Å². The summed E-state index contributed by atoms with van der Waals surface area (Å²) < 4.78 is 18.7. The van der Waals surface area contributed by atoms with Crippen molar-refractivity contribution in [2.45, 2.75) is 58.4 Å². The number of methoxy groups -OCH3 is 1. The van der Waals surface area contributed by atoms with Gasteiger partial charge in [0.15, 0.2) is 5.76 Å². The Labute approximate surface area is 231 Å². The quantitative estimate of drug-likeness (QED) is 0.309. The molecule has 1 fully saturated rings. The Morgan fingerprint density at radius 3 is 2.85 bits per heavy atom. The molecule has 4 heterocycles. The van der Waals surface area contributed by atoms with Gasteiger partial charge in [0.05, 0.1) is 35.3 Å². The highest BCUT2D eigenvalue weighted by molar-refractivity contribution is 7.09. The number of hydrogen-bond donors (Lipinski definition) is 1. The number of ether oxygens (including phenoxy) is 2. The van der Waals surface area contributed by atoms with Gasteiger partial charge >= 0.3 is 0 Å². The molecule has 0 radical (unpaired) electrons. The molecule has 5 rings (SSSR count). The van der Waals surface area contributed by atoms with E-state index < -0.39 is 12.0 Å². The fraction of sp³-hybridized carbons (Fsp3) is 0.429. The lowest BCUT2D eigenvalue weighted by atomic mass is 9.91. The minimum Gasteiger partial charge on any atom is -0.488 e. The molecule has 0 saturated carbocycles. The zero-order chi connectivity index (χ0) is 27.5. The molecule has 0 spiro atoms. The summed E-state index contributed by atoms with van der Waals surface area (Å²) in [5.74, 6) is 1.53. The average Bonchev–Trinajstić information content (AvgIpc) is 3.71. The highest BCUT2D eigenvalue weighted by atomic mass is 32.1. The number of benzene rings is 1. The van der Waals surface area contributed by atoms with Crippen molar-refractivity contribution in [2.24, 2.45) is 5.92 Å². The van der Waals surface area contributed by atoms with Crippen molar-refractivity contribution in [3.05, 3.63) is 76.0 Å². The second kappa shape index (κ2) is 11.6. The Balaban J connectivity index is 1.34. The van der Waals surface area contributed by atoms with Gasteiger partial charge in [-0.1, -0.05) is 26.0 Å². The molecular weight excluding hydrogens is 518 g/mol. The molecule has 206 valence electrons. The maximum absolute atomic E-state index is 13.9. The van der Waals surface area contributed by atoms with Crippen LogP contribution in [-0.2, 0) is 17.9 Å². The lowest BCUT2D eigenvalue weighted by Crippen LogP contribution is -2.38. The summed E-state index contributed by atoms with van der Waals surface area (Å²) in [4.78, 5) is 25.6. The van der Waals surface area contributed by atoms with Crippen LogP contribution in [0.2, 0.25) is 0 Å². The first kappa shape index (κ1) is 26.9. The number of likely N-dealkylation sites (tertiary alicyclic amines) is 1. The SMILES string of the molecule is COc1cc(C(C(=O)N2C[C@H](O)C[C@H]2c2nccn2Cc2cccc(OCc3scnc3C)c2)C(C)C)on1. The number of aliphatic hydroxyl groups is 1. The topological polar surface area (TPSA) is 116 Å². The monoisotopic (exact) mass is 551 g/mol. The second-order valence-electron chi connectivity index (χ2n) is 10.1. The van der Waals surface area contributed by atoms with Gasteiger partial charge < -0.3 is 28.6 Å². The minimum atomic E-state index is -0.645. The lowest BCUT2D eigenvalue weighted by Gasteiger charge is -2.29. The fourth-order valence-electron chi connectivity index (χ4n) is 5.03. The number of rotatable bonds is 10. The van der Waals surface area contributed by atoms with Crippen LogP contribution >= 0.6 is 11.3 Å². The van der Waals surface area contributed by atoms with Crippen molar-refractivity contribution in [2.75, 3.05) is 13.7 Å². The summed E-state index contributed by atoms with van der Waals surface area (Å²) in [6, 6.07) is 9.23. The molecule has 1 aromatic carbocycles. The highest BCUT2D eigenvalue weighted by Gasteiger charge is 2.42. The molecule has 1 aliphatic heterocycles. The maximum atomic E-state index is 13.9. The summed E-state index contributed by atoms with van der Waals surface area (Å²) >= 11 is 1.58. The second-order valence-corrected chi connectivity index (χ2v) is 11.0. The number of carbonyl (C=O) groups excluding carboxylic acids is 1. The summed E-state index contributed by atoms with van der Waals surface area (Å²) in [5.41, 5.74) is 3.85. The predicted molar refractivity (Wildman–Crippen MR) is 145 cm³/mol. The van der Waals surface area contributed by atoms with Gasteiger partial charge in [0, 0.05) is 38.0 Å². The van der Waals surface area contributed by atoms with E-state index in [2.05, 4.69) is 15.1 Å². The van der Waals surface area contributed by atoms with Crippen LogP contribution in [0.5, 0.6) is 11.6 Å². The largest absolute Gasteiger partial charge is 0.488 e. The number of aromatic nitrogens is 4. The van der Waals surface area contributed by atoms with Gasteiger partial charge in [0.1, 0.15) is 24.1 Å². The van der Waals surface area contributed by atoms with Gasteiger partial charge in [-0.2, -0.15) is 0 Å². The van der Waals surface area contributed by atoms with Crippen LogP contribution in [0.25, 0.3) is 0 Å². The summed E-state index contributed by atoms with van der Waals surface area (Å²) in [5, 5.41) is 14.5. The summed E-state index contributed by atoms with van der Waals surface area (Å²) in [7, 11) is 1.50. The van der Waals surface area contributed by atoms with Crippen molar-refractivity contribution in [3.8, 4) is 11.6 Å². The number of nitrogens with zero attached hydrogens (tertiary/aromatic N) is 5. The van der Waals surface area contributed by atoms with E-state index in [1.54, 1.807) is 28.5 Å². The summed E-state index contributed by atoms with van der Waals surface area (Å²) in [6.45, 7) is 7.16. The molecule has 1 saturated heterocycles. The van der Waals surface area contributed by atoms with E-state index >= 15 is 0 Å². The Hall–Kier alpha value is -3.70. The van der Waals surface area contributed by atoms with Crippen LogP contribution in [0.1, 0.15) is 59.9 Å². The third-order valence-corrected chi connectivity index (χ3v) is 7.94. The van der Waals surface area contributed by atoms with Crippen LogP contribution in [0.15, 0.2) is 52.8 Å². The first-order chi connectivity index (χ1) is 18.8. The van der Waals surface area contributed by atoms with Gasteiger partial charge in [-0.05, 0) is 35.7 Å². The maximum Gasteiger partial charge on any atom is 0.254 e. The van der Waals surface area contributed by atoms with Crippen LogP contribution in [0.3, 0.4) is 0 Å². The van der Waals surface area contributed by atoms with E-state index in [0.717, 1.165) is 27.7 Å².